The zero-order chi connectivity index (χ0) is 19.6. The highest BCUT2D eigenvalue weighted by molar-refractivity contribution is 5.45. The lowest BCUT2D eigenvalue weighted by atomic mass is 10.1. The van der Waals surface area contributed by atoms with Crippen LogP contribution in [0.25, 0.3) is 0 Å². The lowest BCUT2D eigenvalue weighted by molar-refractivity contribution is -0.0659. The number of ether oxygens (including phenoxy) is 2. The van der Waals surface area contributed by atoms with Gasteiger partial charge in [-0.05, 0) is 17.7 Å². The fourth-order valence-electron chi connectivity index (χ4n) is 2.98. The maximum absolute atomic E-state index is 13.5. The zero-order valence-electron chi connectivity index (χ0n) is 15.1. The minimum Gasteiger partial charge on any atom is -0.394 e. The van der Waals surface area contributed by atoms with Crippen LogP contribution in [0.2, 0.25) is 0 Å². The summed E-state index contributed by atoms with van der Waals surface area (Å²) in [5.41, 5.74) is 0.161. The van der Waals surface area contributed by atoms with Crippen LogP contribution in [0.4, 0.5) is 10.1 Å². The summed E-state index contributed by atoms with van der Waals surface area (Å²) in [7, 11) is 3.91. The Morgan fingerprint density at radius 1 is 1.33 bits per heavy atom. The van der Waals surface area contributed by atoms with Gasteiger partial charge in [-0.2, -0.15) is 4.39 Å². The van der Waals surface area contributed by atoms with Gasteiger partial charge in [0.15, 0.2) is 0 Å². The number of H-pyrrole nitrogens is 1. The summed E-state index contributed by atoms with van der Waals surface area (Å²) in [6, 6.07) is 7.83. The van der Waals surface area contributed by atoms with Crippen molar-refractivity contribution in [2.45, 2.75) is 31.5 Å². The van der Waals surface area contributed by atoms with Crippen LogP contribution in [-0.2, 0) is 16.1 Å². The average Bonchev–Trinajstić information content (AvgIpc) is 3.06. The predicted molar refractivity (Wildman–Crippen MR) is 96.2 cm³/mol. The van der Waals surface area contributed by atoms with Crippen LogP contribution in [0.15, 0.2) is 40.1 Å². The van der Waals surface area contributed by atoms with Crippen LogP contribution in [0, 0.1) is 5.82 Å². The molecule has 3 atom stereocenters. The number of hydrogen-bond donors (Lipinski definition) is 2. The summed E-state index contributed by atoms with van der Waals surface area (Å²) < 4.78 is 25.9. The van der Waals surface area contributed by atoms with Gasteiger partial charge in [-0.1, -0.05) is 12.1 Å². The summed E-state index contributed by atoms with van der Waals surface area (Å²) in [6.07, 6.45) is -0.912. The second-order valence-corrected chi connectivity index (χ2v) is 6.60. The fourth-order valence-corrected chi connectivity index (χ4v) is 2.98. The predicted octanol–water partition coefficient (Wildman–Crippen LogP) is 0.607. The van der Waals surface area contributed by atoms with E-state index in [1.165, 1.54) is 0 Å². The molecule has 3 rings (SSSR count). The van der Waals surface area contributed by atoms with Crippen molar-refractivity contribution >= 4 is 5.69 Å². The third-order valence-electron chi connectivity index (χ3n) is 4.51. The zero-order valence-corrected chi connectivity index (χ0v) is 15.1. The molecule has 1 aliphatic heterocycles. The maximum Gasteiger partial charge on any atom is 0.330 e. The number of benzene rings is 1. The van der Waals surface area contributed by atoms with E-state index >= 15 is 0 Å². The van der Waals surface area contributed by atoms with Gasteiger partial charge in [0.25, 0.3) is 5.56 Å². The number of rotatable bonds is 6. The molecule has 0 amide bonds. The number of nitrogens with one attached hydrogen (secondary N) is 1. The van der Waals surface area contributed by atoms with E-state index in [4.69, 9.17) is 9.47 Å². The van der Waals surface area contributed by atoms with E-state index in [0.717, 1.165) is 22.0 Å². The number of anilines is 1. The quantitative estimate of drug-likeness (QED) is 0.763. The number of aliphatic hydroxyl groups is 1. The van der Waals surface area contributed by atoms with Crippen molar-refractivity contribution in [3.63, 3.8) is 0 Å². The molecule has 0 bridgehead atoms. The SMILES string of the molecule is CN(C)c1ccc(CO[C@H]2C[C@H](n3cc(F)c(=O)[nH]c3=O)O[C@@H]2CO)cc1. The molecule has 8 nitrogen and oxygen atoms in total. The minimum absolute atomic E-state index is 0.242. The standard InChI is InChI=1S/C18H22FN3O5/c1-21(2)12-5-3-11(4-6-12)10-26-14-7-16(27-15(14)9-23)22-8-13(19)17(24)20-18(22)25/h3-6,8,14-16,23H,7,9-10H2,1-2H3,(H,20,24,25)/t14-,15+,16+/m0/s1. The Kier molecular flexibility index (Phi) is 5.73. The van der Waals surface area contributed by atoms with Gasteiger partial charge in [-0.15, -0.1) is 0 Å². The number of nitrogens with zero attached hydrogens (tertiary/aromatic N) is 2. The summed E-state index contributed by atoms with van der Waals surface area (Å²) in [6.45, 7) is 0.00115. The molecule has 2 aromatic rings. The van der Waals surface area contributed by atoms with Gasteiger partial charge >= 0.3 is 5.69 Å². The molecule has 2 heterocycles. The summed E-state index contributed by atoms with van der Waals surface area (Å²) >= 11 is 0. The molecule has 1 aromatic heterocycles. The van der Waals surface area contributed by atoms with Crippen molar-refractivity contribution in [3.05, 3.63) is 62.7 Å². The van der Waals surface area contributed by atoms with Crippen molar-refractivity contribution in [1.29, 1.82) is 0 Å². The third-order valence-corrected chi connectivity index (χ3v) is 4.51. The van der Waals surface area contributed by atoms with E-state index in [-0.39, 0.29) is 13.0 Å². The molecule has 0 saturated carbocycles. The summed E-state index contributed by atoms with van der Waals surface area (Å²) in [4.78, 5) is 26.9. The number of hydrogen-bond acceptors (Lipinski definition) is 6. The number of aliphatic hydroxyl groups excluding tert-OH is 1. The third kappa shape index (κ3) is 4.26. The molecule has 1 saturated heterocycles. The average molecular weight is 379 g/mol. The first-order valence-electron chi connectivity index (χ1n) is 8.54. The van der Waals surface area contributed by atoms with Gasteiger partial charge in [0.1, 0.15) is 12.3 Å². The van der Waals surface area contributed by atoms with Crippen molar-refractivity contribution in [2.75, 3.05) is 25.6 Å². The van der Waals surface area contributed by atoms with Crippen LogP contribution >= 0.6 is 0 Å². The Hall–Kier alpha value is -2.49. The molecular weight excluding hydrogens is 357 g/mol. The molecule has 0 spiro atoms. The Bertz CT molecular complexity index is 893. The molecule has 2 N–H and O–H groups in total. The van der Waals surface area contributed by atoms with Crippen LogP contribution < -0.4 is 16.1 Å². The molecular formula is C18H22FN3O5. The summed E-state index contributed by atoms with van der Waals surface area (Å²) in [5.74, 6) is -1.08. The smallest absolute Gasteiger partial charge is 0.330 e. The van der Waals surface area contributed by atoms with Gasteiger partial charge in [-0.3, -0.25) is 14.3 Å². The molecule has 1 fully saturated rings. The first-order chi connectivity index (χ1) is 12.9. The van der Waals surface area contributed by atoms with Crippen molar-refractivity contribution in [2.24, 2.45) is 0 Å². The Balaban J connectivity index is 1.68. The Morgan fingerprint density at radius 3 is 2.67 bits per heavy atom. The van der Waals surface area contributed by atoms with E-state index in [9.17, 15) is 19.1 Å². The van der Waals surface area contributed by atoms with Gasteiger partial charge in [0, 0.05) is 26.2 Å². The van der Waals surface area contributed by atoms with Gasteiger partial charge < -0.3 is 19.5 Å². The van der Waals surface area contributed by atoms with E-state index in [1.54, 1.807) is 0 Å². The molecule has 0 aliphatic carbocycles. The second kappa shape index (κ2) is 8.03. The topological polar surface area (TPSA) is 96.8 Å². The molecule has 146 valence electrons. The first-order valence-corrected chi connectivity index (χ1v) is 8.54. The molecule has 1 aromatic carbocycles. The van der Waals surface area contributed by atoms with Crippen molar-refractivity contribution in [1.82, 2.24) is 9.55 Å². The lowest BCUT2D eigenvalue weighted by Crippen LogP contribution is -2.34. The van der Waals surface area contributed by atoms with E-state index < -0.39 is 35.5 Å². The highest BCUT2D eigenvalue weighted by Crippen LogP contribution is 2.30. The van der Waals surface area contributed by atoms with Crippen LogP contribution in [0.1, 0.15) is 18.2 Å². The van der Waals surface area contributed by atoms with E-state index in [1.807, 2.05) is 48.2 Å². The Labute approximate surface area is 154 Å². The van der Waals surface area contributed by atoms with Crippen molar-refractivity contribution in [3.8, 4) is 0 Å². The molecule has 0 radical (unpaired) electrons. The number of halogens is 1. The molecule has 1 aliphatic rings. The van der Waals surface area contributed by atoms with Gasteiger partial charge in [0.2, 0.25) is 5.82 Å². The maximum atomic E-state index is 13.5. The van der Waals surface area contributed by atoms with Gasteiger partial charge in [0.05, 0.1) is 25.5 Å². The second-order valence-electron chi connectivity index (χ2n) is 6.60. The summed E-state index contributed by atoms with van der Waals surface area (Å²) in [5, 5.41) is 9.53. The molecule has 0 unspecified atom stereocenters. The molecule has 9 heteroatoms. The fraction of sp³-hybridized carbons (Fsp3) is 0.444. The largest absolute Gasteiger partial charge is 0.394 e. The normalized spacial score (nSPS) is 22.1. The first kappa shape index (κ1) is 19.3. The van der Waals surface area contributed by atoms with Crippen LogP contribution in [0.3, 0.4) is 0 Å². The Morgan fingerprint density at radius 2 is 2.04 bits per heavy atom. The highest BCUT2D eigenvalue weighted by atomic mass is 19.1. The van der Waals surface area contributed by atoms with Crippen molar-refractivity contribution < 1.29 is 19.0 Å². The van der Waals surface area contributed by atoms with E-state index in [2.05, 4.69) is 0 Å². The minimum atomic E-state index is -1.08. The monoisotopic (exact) mass is 379 g/mol. The van der Waals surface area contributed by atoms with Gasteiger partial charge in [-0.25, -0.2) is 4.79 Å². The van der Waals surface area contributed by atoms with Crippen LogP contribution in [0.5, 0.6) is 0 Å². The van der Waals surface area contributed by atoms with E-state index in [0.29, 0.717) is 6.61 Å². The lowest BCUT2D eigenvalue weighted by Gasteiger charge is -2.17. The number of aromatic nitrogens is 2. The number of aromatic amines is 1. The van der Waals surface area contributed by atoms with Crippen LogP contribution in [-0.4, -0.2) is 47.6 Å². The highest BCUT2D eigenvalue weighted by Gasteiger charge is 2.37. The molecule has 27 heavy (non-hydrogen) atoms.